The molecule has 0 bridgehead atoms. The normalized spacial score (nSPS) is 13.3. The number of ether oxygens (including phenoxy) is 1. The molecule has 1 aliphatic rings. The molecule has 1 aromatic carbocycles. The Labute approximate surface area is 148 Å². The molecule has 0 saturated heterocycles. The first-order valence-corrected chi connectivity index (χ1v) is 8.00. The number of benzene rings is 1. The molecule has 0 aliphatic carbocycles. The van der Waals surface area contributed by atoms with Gasteiger partial charge in [0.05, 0.1) is 30.2 Å². The van der Waals surface area contributed by atoms with E-state index in [9.17, 15) is 14.3 Å². The highest BCUT2D eigenvalue weighted by atomic mass is 19.1. The van der Waals surface area contributed by atoms with Gasteiger partial charge >= 0.3 is 0 Å². The second kappa shape index (κ2) is 5.43. The van der Waals surface area contributed by atoms with E-state index >= 15 is 0 Å². The number of carbonyl (C=O) groups excluding carboxylic acids is 1. The maximum Gasteiger partial charge on any atom is 0.253 e. The number of fused-ring (bicyclic) bond motifs is 2. The minimum Gasteiger partial charge on any atom is -0.505 e. The average molecular weight is 356 g/mol. The summed E-state index contributed by atoms with van der Waals surface area (Å²) >= 11 is 0. The Bertz CT molecular complexity index is 1100. The van der Waals surface area contributed by atoms with E-state index in [-0.39, 0.29) is 11.4 Å². The summed E-state index contributed by atoms with van der Waals surface area (Å²) in [5, 5.41) is 10.5. The summed E-state index contributed by atoms with van der Waals surface area (Å²) in [6, 6.07) is 3.01. The smallest absolute Gasteiger partial charge is 0.253 e. The van der Waals surface area contributed by atoms with E-state index in [4.69, 9.17) is 16.2 Å². The van der Waals surface area contributed by atoms with Crippen LogP contribution < -0.4 is 11.5 Å². The van der Waals surface area contributed by atoms with Gasteiger partial charge in [0.1, 0.15) is 11.5 Å². The molecule has 0 fully saturated rings. The van der Waals surface area contributed by atoms with Crippen molar-refractivity contribution >= 4 is 22.8 Å². The van der Waals surface area contributed by atoms with Gasteiger partial charge in [0, 0.05) is 16.5 Å². The number of pyridine rings is 1. The predicted octanol–water partition coefficient (Wildman–Crippen LogP) is 2.20. The number of aromatic hydroxyl groups is 1. The molecule has 1 aliphatic heterocycles. The standard InChI is InChI=1S/C18H17FN4O3/c1-7-3-11(19)15(24)8(2)14(7)23-16(20)13(17(21)25)10-4-9-5-26-6-12(9)22-18(10)23/h3-4,24H,5-6,20H2,1-2H3,(H2,21,25). The van der Waals surface area contributed by atoms with Crippen molar-refractivity contribution in [2.75, 3.05) is 5.73 Å². The second-order valence-corrected chi connectivity index (χ2v) is 6.42. The number of nitrogens with two attached hydrogens (primary N) is 2. The first kappa shape index (κ1) is 16.3. The number of carbonyl (C=O) groups is 1. The van der Waals surface area contributed by atoms with Crippen LogP contribution in [-0.4, -0.2) is 20.6 Å². The van der Waals surface area contributed by atoms with Crippen LogP contribution in [0.25, 0.3) is 16.7 Å². The fraction of sp³-hybridized carbons (Fsp3) is 0.222. The number of aromatic nitrogens is 2. The lowest BCUT2D eigenvalue weighted by molar-refractivity contribution is 0.100. The van der Waals surface area contributed by atoms with Crippen LogP contribution in [0.15, 0.2) is 12.1 Å². The van der Waals surface area contributed by atoms with E-state index in [0.717, 1.165) is 11.3 Å². The van der Waals surface area contributed by atoms with Gasteiger partial charge in [-0.2, -0.15) is 0 Å². The van der Waals surface area contributed by atoms with Gasteiger partial charge in [0.25, 0.3) is 5.91 Å². The van der Waals surface area contributed by atoms with Crippen molar-refractivity contribution in [2.45, 2.75) is 27.1 Å². The van der Waals surface area contributed by atoms with Crippen LogP contribution >= 0.6 is 0 Å². The molecule has 3 aromatic rings. The lowest BCUT2D eigenvalue weighted by atomic mass is 10.1. The number of primary amides is 1. The number of nitrogens with zero attached hydrogens (tertiary/aromatic N) is 2. The summed E-state index contributed by atoms with van der Waals surface area (Å²) in [5.74, 6) is -1.79. The fourth-order valence-corrected chi connectivity index (χ4v) is 3.55. The Morgan fingerprint density at radius 3 is 2.77 bits per heavy atom. The number of rotatable bonds is 2. The van der Waals surface area contributed by atoms with Crippen molar-refractivity contribution < 1.29 is 19.0 Å². The molecule has 134 valence electrons. The first-order valence-electron chi connectivity index (χ1n) is 8.00. The molecule has 0 spiro atoms. The number of phenols is 1. The molecule has 1 amide bonds. The molecule has 0 radical (unpaired) electrons. The Morgan fingerprint density at radius 1 is 1.35 bits per heavy atom. The zero-order valence-electron chi connectivity index (χ0n) is 14.3. The highest BCUT2D eigenvalue weighted by Crippen LogP contribution is 2.38. The molecule has 0 saturated carbocycles. The van der Waals surface area contributed by atoms with E-state index < -0.39 is 17.5 Å². The number of hydrogen-bond donors (Lipinski definition) is 3. The molecular weight excluding hydrogens is 339 g/mol. The number of halogens is 1. The van der Waals surface area contributed by atoms with Crippen LogP contribution in [0.5, 0.6) is 5.75 Å². The van der Waals surface area contributed by atoms with E-state index in [1.807, 2.05) is 0 Å². The van der Waals surface area contributed by atoms with Crippen molar-refractivity contribution in [3.05, 3.63) is 45.9 Å². The van der Waals surface area contributed by atoms with Crippen LogP contribution in [0.4, 0.5) is 10.2 Å². The minimum absolute atomic E-state index is 0.0989. The van der Waals surface area contributed by atoms with Gasteiger partial charge < -0.3 is 21.3 Å². The van der Waals surface area contributed by atoms with Crippen molar-refractivity contribution in [1.82, 2.24) is 9.55 Å². The van der Waals surface area contributed by atoms with Gasteiger partial charge in [-0.05, 0) is 31.5 Å². The first-order chi connectivity index (χ1) is 12.3. The SMILES string of the molecule is Cc1cc(F)c(O)c(C)c1-n1c(N)c(C(N)=O)c2cc3c(nc21)COC3. The fourth-order valence-electron chi connectivity index (χ4n) is 3.55. The van der Waals surface area contributed by atoms with Crippen LogP contribution in [0, 0.1) is 19.7 Å². The van der Waals surface area contributed by atoms with Crippen LogP contribution in [-0.2, 0) is 18.0 Å². The van der Waals surface area contributed by atoms with E-state index in [1.165, 1.54) is 10.6 Å². The molecule has 2 aromatic heterocycles. The summed E-state index contributed by atoms with van der Waals surface area (Å²) in [7, 11) is 0. The monoisotopic (exact) mass is 356 g/mol. The van der Waals surface area contributed by atoms with E-state index in [0.29, 0.717) is 41.1 Å². The Hall–Kier alpha value is -3.13. The van der Waals surface area contributed by atoms with Crippen molar-refractivity contribution in [3.63, 3.8) is 0 Å². The van der Waals surface area contributed by atoms with Gasteiger partial charge in [-0.1, -0.05) is 0 Å². The van der Waals surface area contributed by atoms with Crippen molar-refractivity contribution in [2.24, 2.45) is 5.73 Å². The number of phenolic OH excluding ortho intramolecular Hbond substituents is 1. The van der Waals surface area contributed by atoms with Gasteiger partial charge in [-0.3, -0.25) is 9.36 Å². The zero-order chi connectivity index (χ0) is 18.7. The van der Waals surface area contributed by atoms with Crippen molar-refractivity contribution in [3.8, 4) is 11.4 Å². The Morgan fingerprint density at radius 2 is 2.08 bits per heavy atom. The van der Waals surface area contributed by atoms with E-state index in [1.54, 1.807) is 19.9 Å². The maximum atomic E-state index is 13.9. The lowest BCUT2D eigenvalue weighted by Crippen LogP contribution is -2.14. The molecule has 0 atom stereocenters. The molecule has 26 heavy (non-hydrogen) atoms. The summed E-state index contributed by atoms with van der Waals surface area (Å²) in [5.41, 5.74) is 15.3. The zero-order valence-corrected chi connectivity index (χ0v) is 14.3. The third kappa shape index (κ3) is 2.08. The molecule has 7 nitrogen and oxygen atoms in total. The molecule has 3 heterocycles. The lowest BCUT2D eigenvalue weighted by Gasteiger charge is -2.16. The topological polar surface area (TPSA) is 116 Å². The number of nitrogen functional groups attached to an aromatic ring is 1. The second-order valence-electron chi connectivity index (χ2n) is 6.42. The molecule has 4 rings (SSSR count). The highest BCUT2D eigenvalue weighted by molar-refractivity contribution is 6.11. The Balaban J connectivity index is 2.17. The number of aryl methyl sites for hydroxylation is 1. The average Bonchev–Trinajstić information content (AvgIpc) is 3.13. The van der Waals surface area contributed by atoms with Crippen LogP contribution in [0.2, 0.25) is 0 Å². The maximum absolute atomic E-state index is 13.9. The third-order valence-corrected chi connectivity index (χ3v) is 4.77. The summed E-state index contributed by atoms with van der Waals surface area (Å²) in [6.07, 6.45) is 0. The highest BCUT2D eigenvalue weighted by Gasteiger charge is 2.27. The van der Waals surface area contributed by atoms with Gasteiger partial charge in [0.15, 0.2) is 11.6 Å². The quantitative estimate of drug-likeness (QED) is 0.651. The van der Waals surface area contributed by atoms with Crippen LogP contribution in [0.3, 0.4) is 0 Å². The molecule has 8 heteroatoms. The van der Waals surface area contributed by atoms with Crippen LogP contribution in [0.1, 0.15) is 32.7 Å². The minimum atomic E-state index is -0.726. The molecule has 5 N–H and O–H groups in total. The predicted molar refractivity (Wildman–Crippen MR) is 93.6 cm³/mol. The summed E-state index contributed by atoms with van der Waals surface area (Å²) in [4.78, 5) is 16.6. The Kier molecular flexibility index (Phi) is 3.42. The largest absolute Gasteiger partial charge is 0.505 e. The van der Waals surface area contributed by atoms with Gasteiger partial charge in [0.2, 0.25) is 0 Å². The molecule has 0 unspecified atom stereocenters. The number of anilines is 1. The summed E-state index contributed by atoms with van der Waals surface area (Å²) in [6.45, 7) is 4.02. The summed E-state index contributed by atoms with van der Waals surface area (Å²) < 4.78 is 20.8. The van der Waals surface area contributed by atoms with Gasteiger partial charge in [-0.25, -0.2) is 9.37 Å². The van der Waals surface area contributed by atoms with E-state index in [2.05, 4.69) is 4.98 Å². The third-order valence-electron chi connectivity index (χ3n) is 4.77. The number of amides is 1. The van der Waals surface area contributed by atoms with Gasteiger partial charge in [-0.15, -0.1) is 0 Å². The molecular formula is C18H17FN4O3. The number of hydrogen-bond acceptors (Lipinski definition) is 5. The van der Waals surface area contributed by atoms with Crippen molar-refractivity contribution in [1.29, 1.82) is 0 Å².